The summed E-state index contributed by atoms with van der Waals surface area (Å²) in [5.41, 5.74) is 1.93. The monoisotopic (exact) mass is 504 g/mol. The Balaban J connectivity index is 1.21. The maximum atomic E-state index is 13.8. The molecule has 188 valence electrons. The topological polar surface area (TPSA) is 91.9 Å². The van der Waals surface area contributed by atoms with Crippen LogP contribution in [0.5, 0.6) is 5.75 Å². The van der Waals surface area contributed by atoms with Crippen LogP contribution in [-0.2, 0) is 17.7 Å². The zero-order valence-electron chi connectivity index (χ0n) is 19.7. The molecule has 2 fully saturated rings. The van der Waals surface area contributed by atoms with Gasteiger partial charge in [0.05, 0.1) is 23.3 Å². The van der Waals surface area contributed by atoms with Crippen molar-refractivity contribution >= 4 is 23.6 Å². The highest BCUT2D eigenvalue weighted by atomic mass is 35.5. The molecule has 4 heterocycles. The van der Waals surface area contributed by atoms with Gasteiger partial charge in [0.25, 0.3) is 0 Å². The van der Waals surface area contributed by atoms with Gasteiger partial charge in [-0.15, -0.1) is 0 Å². The Morgan fingerprint density at radius 2 is 2.11 bits per heavy atom. The zero-order valence-corrected chi connectivity index (χ0v) is 20.4. The number of likely N-dealkylation sites (tertiary alicyclic amines) is 1. The summed E-state index contributed by atoms with van der Waals surface area (Å²) in [5.74, 6) is 0.453. The van der Waals surface area contributed by atoms with Crippen LogP contribution in [0.25, 0.3) is 0 Å². The van der Waals surface area contributed by atoms with E-state index < -0.39 is 5.82 Å². The number of fused-ring (bicyclic) bond motifs is 1. The Morgan fingerprint density at radius 1 is 1.29 bits per heavy atom. The molecule has 1 aromatic heterocycles. The van der Waals surface area contributed by atoms with Crippen LogP contribution in [0.1, 0.15) is 24.1 Å². The molecule has 2 N–H and O–H groups in total. The van der Waals surface area contributed by atoms with E-state index in [1.807, 2.05) is 13.2 Å². The van der Waals surface area contributed by atoms with E-state index in [2.05, 4.69) is 20.5 Å². The lowest BCUT2D eigenvalue weighted by molar-refractivity contribution is 0.0903. The van der Waals surface area contributed by atoms with Crippen LogP contribution < -0.4 is 15.4 Å². The molecule has 0 radical (unpaired) electrons. The van der Waals surface area contributed by atoms with E-state index in [0.29, 0.717) is 50.3 Å². The van der Waals surface area contributed by atoms with E-state index in [1.54, 1.807) is 11.0 Å². The zero-order chi connectivity index (χ0) is 24.4. The van der Waals surface area contributed by atoms with Gasteiger partial charge in [-0.05, 0) is 44.0 Å². The number of aromatic nitrogens is 2. The molecule has 2 atom stereocenters. The Morgan fingerprint density at radius 3 is 2.91 bits per heavy atom. The summed E-state index contributed by atoms with van der Waals surface area (Å²) < 4.78 is 25.3. The minimum Gasteiger partial charge on any atom is -0.487 e. The summed E-state index contributed by atoms with van der Waals surface area (Å²) in [7, 11) is 1.96. The number of nitrogens with zero attached hydrogens (tertiary/aromatic N) is 4. The van der Waals surface area contributed by atoms with Crippen molar-refractivity contribution in [1.82, 2.24) is 25.1 Å². The van der Waals surface area contributed by atoms with Crippen LogP contribution in [-0.4, -0.2) is 83.9 Å². The fourth-order valence-corrected chi connectivity index (χ4v) is 4.88. The first-order valence-electron chi connectivity index (χ1n) is 12.0. The number of anilines is 1. The number of rotatable bonds is 5. The molecule has 5 rings (SSSR count). The summed E-state index contributed by atoms with van der Waals surface area (Å²) in [6.45, 7) is 3.74. The average Bonchev–Trinajstić information content (AvgIpc) is 3.19. The number of likely N-dealkylation sites (N-methyl/N-ethyl adjacent to an activating group) is 1. The third-order valence-electron chi connectivity index (χ3n) is 6.72. The van der Waals surface area contributed by atoms with Crippen LogP contribution in [0.4, 0.5) is 15.1 Å². The van der Waals surface area contributed by atoms with Crippen molar-refractivity contribution in [1.29, 1.82) is 0 Å². The van der Waals surface area contributed by atoms with E-state index in [4.69, 9.17) is 26.1 Å². The molecule has 2 unspecified atom stereocenters. The van der Waals surface area contributed by atoms with E-state index in [-0.39, 0.29) is 23.2 Å². The van der Waals surface area contributed by atoms with Crippen molar-refractivity contribution in [3.8, 4) is 5.75 Å². The van der Waals surface area contributed by atoms with Gasteiger partial charge in [0.15, 0.2) is 0 Å². The molecule has 0 spiro atoms. The summed E-state index contributed by atoms with van der Waals surface area (Å²) in [4.78, 5) is 26.2. The lowest BCUT2D eigenvalue weighted by Crippen LogP contribution is -2.51. The molecule has 35 heavy (non-hydrogen) atoms. The van der Waals surface area contributed by atoms with Crippen molar-refractivity contribution < 1.29 is 18.7 Å². The smallest absolute Gasteiger partial charge is 0.318 e. The summed E-state index contributed by atoms with van der Waals surface area (Å²) in [5, 5.41) is 6.56. The number of benzene rings is 1. The van der Waals surface area contributed by atoms with Gasteiger partial charge < -0.3 is 29.9 Å². The van der Waals surface area contributed by atoms with Gasteiger partial charge in [-0.1, -0.05) is 11.6 Å². The maximum absolute atomic E-state index is 13.8. The molecule has 0 bridgehead atoms. The van der Waals surface area contributed by atoms with Crippen molar-refractivity contribution in [3.63, 3.8) is 0 Å². The number of halogens is 2. The highest BCUT2D eigenvalue weighted by Gasteiger charge is 2.35. The predicted octanol–water partition coefficient (Wildman–Crippen LogP) is 2.69. The second-order valence-electron chi connectivity index (χ2n) is 9.38. The first kappa shape index (κ1) is 24.0. The van der Waals surface area contributed by atoms with Gasteiger partial charge in [0, 0.05) is 51.2 Å². The number of hydrogen-bond donors (Lipinski definition) is 2. The Bertz CT molecular complexity index is 1070. The Hall–Kier alpha value is -2.69. The molecule has 9 nitrogen and oxygen atoms in total. The first-order valence-corrected chi connectivity index (χ1v) is 12.4. The average molecular weight is 505 g/mol. The van der Waals surface area contributed by atoms with Gasteiger partial charge in [0.2, 0.25) is 5.95 Å². The summed E-state index contributed by atoms with van der Waals surface area (Å²) >= 11 is 5.78. The molecule has 11 heteroatoms. The standard InChI is InChI=1S/C24H30ClFN6O3/c1-31-12-21(22(14-31)35-17-2-3-18(25)19(26)10-17)30-24(33)32-7-4-15-11-27-23(29-20(15)13-32)28-16-5-8-34-9-6-16/h2-3,10-11,16,21-22H,4-9,12-14H2,1H3,(H,30,33)(H,27,28,29). The van der Waals surface area contributed by atoms with Crippen LogP contribution in [0.15, 0.2) is 24.4 Å². The van der Waals surface area contributed by atoms with Crippen molar-refractivity contribution in [3.05, 3.63) is 46.5 Å². The second-order valence-corrected chi connectivity index (χ2v) is 9.78. The highest BCUT2D eigenvalue weighted by Crippen LogP contribution is 2.24. The first-order chi connectivity index (χ1) is 16.9. The van der Waals surface area contributed by atoms with Gasteiger partial charge >= 0.3 is 6.03 Å². The normalized spacial score (nSPS) is 23.1. The van der Waals surface area contributed by atoms with Gasteiger partial charge in [-0.25, -0.2) is 19.2 Å². The minimum absolute atomic E-state index is 0.0473. The fraction of sp³-hybridized carbons (Fsp3) is 0.542. The number of carbonyl (C=O) groups excluding carboxylic acids is 1. The largest absolute Gasteiger partial charge is 0.487 e. The Labute approximate surface area is 208 Å². The molecule has 1 aromatic carbocycles. The number of ether oxygens (including phenoxy) is 2. The van der Waals surface area contributed by atoms with Crippen LogP contribution in [0.3, 0.4) is 0 Å². The number of carbonyl (C=O) groups is 1. The third-order valence-corrected chi connectivity index (χ3v) is 7.03. The quantitative estimate of drug-likeness (QED) is 0.647. The maximum Gasteiger partial charge on any atom is 0.318 e. The van der Waals surface area contributed by atoms with Crippen molar-refractivity contribution in [2.45, 2.75) is 44.0 Å². The molecular weight excluding hydrogens is 475 g/mol. The molecule has 2 aromatic rings. The van der Waals surface area contributed by atoms with Gasteiger partial charge in [-0.3, -0.25) is 0 Å². The number of hydrogen-bond acceptors (Lipinski definition) is 7. The molecule has 0 aliphatic carbocycles. The van der Waals surface area contributed by atoms with E-state index in [9.17, 15) is 9.18 Å². The van der Waals surface area contributed by atoms with Crippen molar-refractivity contribution in [2.75, 3.05) is 45.2 Å². The van der Waals surface area contributed by atoms with E-state index in [1.165, 1.54) is 12.1 Å². The number of amides is 2. The lowest BCUT2D eigenvalue weighted by Gasteiger charge is -2.31. The van der Waals surface area contributed by atoms with Gasteiger partial charge in [-0.2, -0.15) is 0 Å². The number of urea groups is 1. The summed E-state index contributed by atoms with van der Waals surface area (Å²) in [6.07, 6.45) is 4.11. The predicted molar refractivity (Wildman–Crippen MR) is 129 cm³/mol. The number of nitrogens with one attached hydrogen (secondary N) is 2. The molecule has 0 saturated carbocycles. The molecular formula is C24H30ClFN6O3. The lowest BCUT2D eigenvalue weighted by atomic mass is 10.1. The van der Waals surface area contributed by atoms with Gasteiger partial charge in [0.1, 0.15) is 17.7 Å². The SMILES string of the molecule is CN1CC(NC(=O)N2CCc3cnc(NC4CCOCC4)nc3C2)C(Oc2ccc(Cl)c(F)c2)C1. The van der Waals surface area contributed by atoms with Crippen molar-refractivity contribution in [2.24, 2.45) is 0 Å². The van der Waals surface area contributed by atoms with Crippen LogP contribution in [0.2, 0.25) is 5.02 Å². The summed E-state index contributed by atoms with van der Waals surface area (Å²) in [6, 6.07) is 4.28. The van der Waals surface area contributed by atoms with E-state index >= 15 is 0 Å². The minimum atomic E-state index is -0.532. The van der Waals surface area contributed by atoms with Crippen LogP contribution in [0, 0.1) is 5.82 Å². The fourth-order valence-electron chi connectivity index (χ4n) is 4.77. The second kappa shape index (κ2) is 10.5. The molecule has 3 aliphatic heterocycles. The third kappa shape index (κ3) is 5.76. The molecule has 2 saturated heterocycles. The molecule has 2 amide bonds. The Kier molecular flexibility index (Phi) is 7.22. The van der Waals surface area contributed by atoms with Crippen LogP contribution >= 0.6 is 11.6 Å². The van der Waals surface area contributed by atoms with E-state index in [0.717, 1.165) is 37.3 Å². The highest BCUT2D eigenvalue weighted by molar-refractivity contribution is 6.30. The molecule has 3 aliphatic rings.